The Kier molecular flexibility index (Phi) is 6.54. The molecule has 0 spiro atoms. The molecule has 1 N–H and O–H groups in total. The molecule has 1 unspecified atom stereocenters. The van der Waals surface area contributed by atoms with Gasteiger partial charge in [-0.15, -0.1) is 0 Å². The highest BCUT2D eigenvalue weighted by Crippen LogP contribution is 2.32. The molecule has 4 heteroatoms. The van der Waals surface area contributed by atoms with E-state index in [4.69, 9.17) is 9.47 Å². The predicted octanol–water partition coefficient (Wildman–Crippen LogP) is 3.47. The van der Waals surface area contributed by atoms with Crippen molar-refractivity contribution in [3.05, 3.63) is 23.8 Å². The van der Waals surface area contributed by atoms with Crippen LogP contribution in [-0.2, 0) is 6.42 Å². The molecule has 1 heterocycles. The van der Waals surface area contributed by atoms with E-state index in [9.17, 15) is 0 Å². The summed E-state index contributed by atoms with van der Waals surface area (Å²) in [7, 11) is 0. The molecule has 1 aliphatic heterocycles. The maximum Gasteiger partial charge on any atom is 0.231 e. The number of hydrogen-bond donors (Lipinski definition) is 1. The molecule has 0 bridgehead atoms. The lowest BCUT2D eigenvalue weighted by atomic mass is 10.1. The van der Waals surface area contributed by atoms with Crippen LogP contribution in [0, 0.1) is 0 Å². The number of nitrogens with one attached hydrogen (secondary N) is 1. The molecule has 1 atom stereocenters. The van der Waals surface area contributed by atoms with Crippen LogP contribution in [0.2, 0.25) is 0 Å². The lowest BCUT2D eigenvalue weighted by molar-refractivity contribution is 0.174. The third kappa shape index (κ3) is 4.91. The van der Waals surface area contributed by atoms with Gasteiger partial charge in [0.15, 0.2) is 11.5 Å². The lowest BCUT2D eigenvalue weighted by Crippen LogP contribution is -2.27. The van der Waals surface area contributed by atoms with Crippen LogP contribution in [0.15, 0.2) is 18.2 Å². The minimum Gasteiger partial charge on any atom is -0.454 e. The summed E-state index contributed by atoms with van der Waals surface area (Å²) in [6.07, 6.45) is 6.98. The van der Waals surface area contributed by atoms with Crippen molar-refractivity contribution in [3.8, 4) is 11.5 Å². The first-order valence-electron chi connectivity index (χ1n) is 7.40. The molecule has 0 saturated carbocycles. The zero-order chi connectivity index (χ0) is 14.2. The average Bonchev–Trinajstić information content (AvgIpc) is 2.92. The molecular weight excluding hydrogens is 270 g/mol. The molecule has 0 aliphatic carbocycles. The van der Waals surface area contributed by atoms with Gasteiger partial charge in [0.1, 0.15) is 0 Å². The Hall–Kier alpha value is -0.870. The Balaban J connectivity index is 1.64. The van der Waals surface area contributed by atoms with Crippen molar-refractivity contribution in [2.75, 3.05) is 25.3 Å². The van der Waals surface area contributed by atoms with Crippen molar-refractivity contribution in [2.45, 2.75) is 38.6 Å². The number of benzene rings is 1. The van der Waals surface area contributed by atoms with Crippen molar-refractivity contribution >= 4 is 11.8 Å². The zero-order valence-corrected chi connectivity index (χ0v) is 13.3. The largest absolute Gasteiger partial charge is 0.454 e. The van der Waals surface area contributed by atoms with Crippen molar-refractivity contribution in [1.82, 2.24) is 5.32 Å². The molecule has 1 aliphatic rings. The molecular formula is C16H25NO2S. The maximum absolute atomic E-state index is 5.41. The Morgan fingerprint density at radius 2 is 2.10 bits per heavy atom. The van der Waals surface area contributed by atoms with E-state index >= 15 is 0 Å². The third-order valence-electron chi connectivity index (χ3n) is 3.57. The number of hydrogen-bond acceptors (Lipinski definition) is 4. The molecule has 0 saturated heterocycles. The van der Waals surface area contributed by atoms with Crippen molar-refractivity contribution in [2.24, 2.45) is 0 Å². The molecule has 20 heavy (non-hydrogen) atoms. The first kappa shape index (κ1) is 15.5. The van der Waals surface area contributed by atoms with Crippen LogP contribution in [0.5, 0.6) is 11.5 Å². The summed E-state index contributed by atoms with van der Waals surface area (Å²) in [5, 5.41) is 3.60. The fourth-order valence-corrected chi connectivity index (χ4v) is 2.79. The van der Waals surface area contributed by atoms with Gasteiger partial charge in [0, 0.05) is 6.04 Å². The summed E-state index contributed by atoms with van der Waals surface area (Å²) >= 11 is 1.93. The molecule has 0 aromatic heterocycles. The van der Waals surface area contributed by atoms with Gasteiger partial charge < -0.3 is 14.8 Å². The second-order valence-electron chi connectivity index (χ2n) is 5.28. The van der Waals surface area contributed by atoms with Gasteiger partial charge in [0.05, 0.1) is 0 Å². The van der Waals surface area contributed by atoms with E-state index in [-0.39, 0.29) is 0 Å². The van der Waals surface area contributed by atoms with Gasteiger partial charge in [-0.1, -0.05) is 6.07 Å². The standard InChI is InChI=1S/C16H25NO2S/c1-13(17-9-3-4-10-20-2)5-6-14-7-8-15-16(11-14)19-12-18-15/h7-8,11,13,17H,3-6,9-10,12H2,1-2H3. The molecule has 0 fully saturated rings. The first-order chi connectivity index (χ1) is 9.79. The Morgan fingerprint density at radius 3 is 2.95 bits per heavy atom. The monoisotopic (exact) mass is 295 g/mol. The molecule has 0 amide bonds. The summed E-state index contributed by atoms with van der Waals surface area (Å²) in [6, 6.07) is 6.82. The number of thioether (sulfide) groups is 1. The summed E-state index contributed by atoms with van der Waals surface area (Å²) < 4.78 is 10.7. The lowest BCUT2D eigenvalue weighted by Gasteiger charge is -2.13. The van der Waals surface area contributed by atoms with E-state index in [1.165, 1.54) is 24.2 Å². The molecule has 1 aromatic carbocycles. The van der Waals surface area contributed by atoms with Gasteiger partial charge in [-0.2, -0.15) is 11.8 Å². The Morgan fingerprint density at radius 1 is 1.25 bits per heavy atom. The van der Waals surface area contributed by atoms with Crippen LogP contribution >= 0.6 is 11.8 Å². The van der Waals surface area contributed by atoms with Gasteiger partial charge in [-0.05, 0) is 68.9 Å². The van der Waals surface area contributed by atoms with E-state index in [0.29, 0.717) is 12.8 Å². The smallest absolute Gasteiger partial charge is 0.231 e. The van der Waals surface area contributed by atoms with Gasteiger partial charge in [0.25, 0.3) is 0 Å². The van der Waals surface area contributed by atoms with E-state index in [1.807, 2.05) is 17.8 Å². The van der Waals surface area contributed by atoms with Crippen LogP contribution in [0.25, 0.3) is 0 Å². The molecule has 2 rings (SSSR count). The van der Waals surface area contributed by atoms with Crippen LogP contribution in [0.3, 0.4) is 0 Å². The highest BCUT2D eigenvalue weighted by molar-refractivity contribution is 7.98. The van der Waals surface area contributed by atoms with Crippen LogP contribution < -0.4 is 14.8 Å². The Labute approximate surface area is 126 Å². The third-order valence-corrected chi connectivity index (χ3v) is 4.27. The van der Waals surface area contributed by atoms with Crippen molar-refractivity contribution in [3.63, 3.8) is 0 Å². The molecule has 0 radical (unpaired) electrons. The SMILES string of the molecule is CSCCCCNC(C)CCc1ccc2c(c1)OCO2. The summed E-state index contributed by atoms with van der Waals surface area (Å²) in [5.74, 6) is 3.03. The van der Waals surface area contributed by atoms with Crippen molar-refractivity contribution < 1.29 is 9.47 Å². The number of rotatable bonds is 9. The maximum atomic E-state index is 5.41. The van der Waals surface area contributed by atoms with Crippen molar-refractivity contribution in [1.29, 1.82) is 0 Å². The minimum atomic E-state index is 0.354. The average molecular weight is 295 g/mol. The minimum absolute atomic E-state index is 0.354. The molecule has 112 valence electrons. The topological polar surface area (TPSA) is 30.5 Å². The van der Waals surface area contributed by atoms with Crippen LogP contribution in [-0.4, -0.2) is 31.4 Å². The van der Waals surface area contributed by atoms with Gasteiger partial charge >= 0.3 is 0 Å². The molecule has 1 aromatic rings. The quantitative estimate of drug-likeness (QED) is 0.707. The fourth-order valence-electron chi connectivity index (χ4n) is 2.30. The van der Waals surface area contributed by atoms with E-state index in [0.717, 1.165) is 30.9 Å². The number of aryl methyl sites for hydroxylation is 1. The molecule has 3 nitrogen and oxygen atoms in total. The van der Waals surface area contributed by atoms with Crippen LogP contribution in [0.4, 0.5) is 0 Å². The second kappa shape index (κ2) is 8.42. The normalized spacial score (nSPS) is 14.5. The fraction of sp³-hybridized carbons (Fsp3) is 0.625. The number of ether oxygens (including phenoxy) is 2. The van der Waals surface area contributed by atoms with Crippen LogP contribution in [0.1, 0.15) is 31.7 Å². The number of unbranched alkanes of at least 4 members (excludes halogenated alkanes) is 1. The van der Waals surface area contributed by atoms with E-state index in [2.05, 4.69) is 30.6 Å². The highest BCUT2D eigenvalue weighted by atomic mass is 32.2. The summed E-state index contributed by atoms with van der Waals surface area (Å²) in [6.45, 7) is 3.75. The second-order valence-corrected chi connectivity index (χ2v) is 6.27. The number of fused-ring (bicyclic) bond motifs is 1. The first-order valence-corrected chi connectivity index (χ1v) is 8.80. The highest BCUT2D eigenvalue weighted by Gasteiger charge is 2.13. The summed E-state index contributed by atoms with van der Waals surface area (Å²) in [5.41, 5.74) is 1.32. The van der Waals surface area contributed by atoms with Gasteiger partial charge in [0.2, 0.25) is 6.79 Å². The van der Waals surface area contributed by atoms with Gasteiger partial charge in [-0.3, -0.25) is 0 Å². The zero-order valence-electron chi connectivity index (χ0n) is 12.5. The summed E-state index contributed by atoms with van der Waals surface area (Å²) in [4.78, 5) is 0. The van der Waals surface area contributed by atoms with E-state index in [1.54, 1.807) is 0 Å². The van der Waals surface area contributed by atoms with E-state index < -0.39 is 0 Å². The Bertz CT molecular complexity index is 411. The predicted molar refractivity (Wildman–Crippen MR) is 86.0 cm³/mol. The van der Waals surface area contributed by atoms with Gasteiger partial charge in [-0.25, -0.2) is 0 Å².